The van der Waals surface area contributed by atoms with Crippen LogP contribution in [-0.2, 0) is 10.1 Å². The van der Waals surface area contributed by atoms with E-state index in [0.717, 1.165) is 0 Å². The Morgan fingerprint density at radius 3 is 2.93 bits per heavy atom. The van der Waals surface area contributed by atoms with Gasteiger partial charge in [0.1, 0.15) is 0 Å². The third-order valence-corrected chi connectivity index (χ3v) is 3.00. The number of hydrogen-bond donors (Lipinski definition) is 0. The molecule has 1 aromatic rings. The fraction of sp³-hybridized carbons (Fsp3) is 0.300. The largest absolute Gasteiger partial charge is 0.361 e. The molecule has 0 saturated heterocycles. The summed E-state index contributed by atoms with van der Waals surface area (Å²) < 4.78 is 27.6. The smallest absolute Gasteiger partial charge is 0.310 e. The molecule has 4 nitrogen and oxygen atoms in total. The summed E-state index contributed by atoms with van der Waals surface area (Å²) in [5, 5.41) is 0. The monoisotopic (exact) mass is 227 g/mol. The average molecular weight is 227 g/mol. The van der Waals surface area contributed by atoms with Gasteiger partial charge in [-0.2, -0.15) is 8.42 Å². The molecular formula is C10H13NO3S. The second kappa shape index (κ2) is 4.93. The molecule has 0 saturated carbocycles. The van der Waals surface area contributed by atoms with Crippen molar-refractivity contribution >= 4 is 16.2 Å². The molecule has 0 aliphatic heterocycles. The molecule has 1 heterocycles. The first-order valence-corrected chi connectivity index (χ1v) is 6.16. The average Bonchev–Trinajstić information content (AvgIpc) is 2.17. The molecule has 0 N–H and O–H groups in total. The minimum atomic E-state index is -3.53. The van der Waals surface area contributed by atoms with E-state index in [-0.39, 0.29) is 11.6 Å². The van der Waals surface area contributed by atoms with E-state index >= 15 is 0 Å². The molecule has 0 atom stereocenters. The van der Waals surface area contributed by atoms with Crippen LogP contribution in [-0.4, -0.2) is 19.2 Å². The topological polar surface area (TPSA) is 56.3 Å². The molecule has 0 aromatic carbocycles. The number of aromatic nitrogens is 1. The van der Waals surface area contributed by atoms with E-state index in [1.807, 2.05) is 0 Å². The van der Waals surface area contributed by atoms with Crippen molar-refractivity contribution < 1.29 is 12.6 Å². The molecule has 5 heteroatoms. The lowest BCUT2D eigenvalue weighted by Gasteiger charge is -2.06. The van der Waals surface area contributed by atoms with Crippen LogP contribution in [0.25, 0.3) is 6.08 Å². The van der Waals surface area contributed by atoms with Gasteiger partial charge in [0.25, 0.3) is 0 Å². The maximum Gasteiger partial charge on any atom is 0.310 e. The Bertz CT molecular complexity index is 440. The Labute approximate surface area is 89.7 Å². The normalized spacial score (nSPS) is 11.0. The van der Waals surface area contributed by atoms with Gasteiger partial charge in [0.05, 0.1) is 5.75 Å². The standard InChI is InChI=1S/C10H13NO3S/c1-3-8-15(12,13)14-10-9(4-2)6-5-7-11-10/h4-7H,2-3,8H2,1H3. The lowest BCUT2D eigenvalue weighted by atomic mass is 10.3. The molecule has 0 radical (unpaired) electrons. The highest BCUT2D eigenvalue weighted by Crippen LogP contribution is 2.17. The SMILES string of the molecule is C=Cc1cccnc1OS(=O)(=O)CCC. The first-order valence-electron chi connectivity index (χ1n) is 4.58. The summed E-state index contributed by atoms with van der Waals surface area (Å²) in [5.74, 6) is 0.0705. The van der Waals surface area contributed by atoms with E-state index in [1.54, 1.807) is 19.1 Å². The van der Waals surface area contributed by atoms with Crippen molar-refractivity contribution in [3.05, 3.63) is 30.5 Å². The van der Waals surface area contributed by atoms with Crippen LogP contribution in [0.1, 0.15) is 18.9 Å². The first kappa shape index (κ1) is 11.7. The van der Waals surface area contributed by atoms with Crippen molar-refractivity contribution in [2.75, 3.05) is 5.75 Å². The van der Waals surface area contributed by atoms with Crippen molar-refractivity contribution in [2.24, 2.45) is 0 Å². The highest BCUT2D eigenvalue weighted by molar-refractivity contribution is 7.87. The molecule has 15 heavy (non-hydrogen) atoms. The van der Waals surface area contributed by atoms with Crippen LogP contribution in [0.4, 0.5) is 0 Å². The van der Waals surface area contributed by atoms with Gasteiger partial charge in [0.2, 0.25) is 5.88 Å². The second-order valence-corrected chi connectivity index (χ2v) is 4.64. The second-order valence-electron chi connectivity index (χ2n) is 2.95. The van der Waals surface area contributed by atoms with Crippen molar-refractivity contribution in [3.8, 4) is 5.88 Å². The zero-order valence-corrected chi connectivity index (χ0v) is 9.33. The highest BCUT2D eigenvalue weighted by Gasteiger charge is 2.13. The molecule has 0 unspecified atom stereocenters. The van der Waals surface area contributed by atoms with Crippen molar-refractivity contribution in [3.63, 3.8) is 0 Å². The molecule has 0 fully saturated rings. The van der Waals surface area contributed by atoms with E-state index in [0.29, 0.717) is 12.0 Å². The number of pyridine rings is 1. The molecule has 0 spiro atoms. The van der Waals surface area contributed by atoms with Crippen LogP contribution in [0, 0.1) is 0 Å². The minimum absolute atomic E-state index is 0.0137. The van der Waals surface area contributed by atoms with Crippen LogP contribution in [0.5, 0.6) is 5.88 Å². The molecule has 0 aliphatic rings. The van der Waals surface area contributed by atoms with Gasteiger partial charge in [-0.25, -0.2) is 4.98 Å². The van der Waals surface area contributed by atoms with Gasteiger partial charge < -0.3 is 4.18 Å². The first-order chi connectivity index (χ1) is 7.09. The van der Waals surface area contributed by atoms with Crippen LogP contribution >= 0.6 is 0 Å². The van der Waals surface area contributed by atoms with E-state index in [1.165, 1.54) is 12.3 Å². The lowest BCUT2D eigenvalue weighted by Crippen LogP contribution is -2.14. The molecule has 0 bridgehead atoms. The third-order valence-electron chi connectivity index (χ3n) is 1.68. The summed E-state index contributed by atoms with van der Waals surface area (Å²) in [6.07, 6.45) is 3.49. The molecular weight excluding hydrogens is 214 g/mol. The van der Waals surface area contributed by atoms with Crippen molar-refractivity contribution in [1.82, 2.24) is 4.98 Å². The Morgan fingerprint density at radius 1 is 1.60 bits per heavy atom. The Kier molecular flexibility index (Phi) is 3.85. The molecule has 0 amide bonds. The summed E-state index contributed by atoms with van der Waals surface area (Å²) in [7, 11) is -3.53. The van der Waals surface area contributed by atoms with Crippen molar-refractivity contribution in [2.45, 2.75) is 13.3 Å². The van der Waals surface area contributed by atoms with E-state index in [2.05, 4.69) is 11.6 Å². The fourth-order valence-electron chi connectivity index (χ4n) is 1.04. The van der Waals surface area contributed by atoms with Gasteiger partial charge in [0.15, 0.2) is 0 Å². The molecule has 1 rings (SSSR count). The molecule has 82 valence electrons. The summed E-state index contributed by atoms with van der Waals surface area (Å²) in [6.45, 7) is 5.32. The molecule has 1 aromatic heterocycles. The predicted octanol–water partition coefficient (Wildman–Crippen LogP) is 1.84. The zero-order chi connectivity index (χ0) is 11.3. The van der Waals surface area contributed by atoms with E-state index in [9.17, 15) is 8.42 Å². The van der Waals surface area contributed by atoms with Crippen LogP contribution in [0.3, 0.4) is 0 Å². The maximum atomic E-state index is 11.4. The summed E-state index contributed by atoms with van der Waals surface area (Å²) >= 11 is 0. The van der Waals surface area contributed by atoms with Crippen LogP contribution in [0.2, 0.25) is 0 Å². The van der Waals surface area contributed by atoms with Gasteiger partial charge in [0, 0.05) is 11.8 Å². The van der Waals surface area contributed by atoms with Gasteiger partial charge in [-0.05, 0) is 18.6 Å². The maximum absolute atomic E-state index is 11.4. The Balaban J connectivity index is 2.94. The fourth-order valence-corrected chi connectivity index (χ4v) is 2.00. The van der Waals surface area contributed by atoms with Gasteiger partial charge >= 0.3 is 10.1 Å². The molecule has 0 aliphatic carbocycles. The minimum Gasteiger partial charge on any atom is -0.361 e. The van der Waals surface area contributed by atoms with Crippen LogP contribution < -0.4 is 4.18 Å². The predicted molar refractivity (Wildman–Crippen MR) is 59.0 cm³/mol. The van der Waals surface area contributed by atoms with E-state index < -0.39 is 10.1 Å². The third kappa shape index (κ3) is 3.36. The highest BCUT2D eigenvalue weighted by atomic mass is 32.2. The number of nitrogens with zero attached hydrogens (tertiary/aromatic N) is 1. The van der Waals surface area contributed by atoms with Gasteiger partial charge in [-0.1, -0.05) is 19.6 Å². The summed E-state index contributed by atoms with van der Waals surface area (Å²) in [5.41, 5.74) is 0.567. The quantitative estimate of drug-likeness (QED) is 0.720. The Hall–Kier alpha value is -1.36. The summed E-state index contributed by atoms with van der Waals surface area (Å²) in [6, 6.07) is 3.38. The van der Waals surface area contributed by atoms with E-state index in [4.69, 9.17) is 4.18 Å². The zero-order valence-electron chi connectivity index (χ0n) is 8.51. The van der Waals surface area contributed by atoms with Crippen LogP contribution in [0.15, 0.2) is 24.9 Å². The van der Waals surface area contributed by atoms with Gasteiger partial charge in [-0.3, -0.25) is 0 Å². The summed E-state index contributed by atoms with van der Waals surface area (Å²) in [4.78, 5) is 3.84. The lowest BCUT2D eigenvalue weighted by molar-refractivity contribution is 0.474. The number of hydrogen-bond acceptors (Lipinski definition) is 4. The Morgan fingerprint density at radius 2 is 2.33 bits per heavy atom. The van der Waals surface area contributed by atoms with Crippen molar-refractivity contribution in [1.29, 1.82) is 0 Å². The number of rotatable bonds is 5. The van der Waals surface area contributed by atoms with Gasteiger partial charge in [-0.15, -0.1) is 0 Å².